The fourth-order valence-corrected chi connectivity index (χ4v) is 2.67. The van der Waals surface area contributed by atoms with Crippen molar-refractivity contribution >= 4 is 0 Å². The molecule has 0 bridgehead atoms. The molecule has 0 spiro atoms. The summed E-state index contributed by atoms with van der Waals surface area (Å²) >= 11 is 0. The number of hydrogen-bond acceptors (Lipinski definition) is 4. The second-order valence-corrected chi connectivity index (χ2v) is 5.31. The van der Waals surface area contributed by atoms with E-state index in [1.165, 1.54) is 11.1 Å². The Kier molecular flexibility index (Phi) is 3.85. The van der Waals surface area contributed by atoms with Gasteiger partial charge in [0.1, 0.15) is 5.76 Å². The van der Waals surface area contributed by atoms with E-state index in [1.807, 2.05) is 19.9 Å². The van der Waals surface area contributed by atoms with Crippen LogP contribution in [-0.4, -0.2) is 29.8 Å². The van der Waals surface area contributed by atoms with Gasteiger partial charge < -0.3 is 9.26 Å². The number of ether oxygens (including phenoxy) is 1. The first kappa shape index (κ1) is 13.3. The number of hydrogen-bond donors (Lipinski definition) is 0. The molecule has 1 aromatic carbocycles. The number of aryl methyl sites for hydroxylation is 2. The molecule has 3 rings (SSSR count). The van der Waals surface area contributed by atoms with Crippen molar-refractivity contribution in [2.45, 2.75) is 26.5 Å². The minimum Gasteiger partial charge on any atom is -0.371 e. The average Bonchev–Trinajstić information content (AvgIpc) is 2.80. The van der Waals surface area contributed by atoms with E-state index >= 15 is 0 Å². The smallest absolute Gasteiger partial charge is 0.138 e. The van der Waals surface area contributed by atoms with Gasteiger partial charge in [0.15, 0.2) is 0 Å². The highest BCUT2D eigenvalue weighted by Crippen LogP contribution is 2.24. The van der Waals surface area contributed by atoms with E-state index in [1.54, 1.807) is 0 Å². The Bertz CT molecular complexity index is 546. The van der Waals surface area contributed by atoms with Gasteiger partial charge in [0.25, 0.3) is 0 Å². The fourth-order valence-electron chi connectivity index (χ4n) is 2.67. The predicted molar refractivity (Wildman–Crippen MR) is 76.4 cm³/mol. The van der Waals surface area contributed by atoms with Gasteiger partial charge in [-0.25, -0.2) is 0 Å². The topological polar surface area (TPSA) is 38.5 Å². The van der Waals surface area contributed by atoms with Crippen LogP contribution >= 0.6 is 0 Å². The van der Waals surface area contributed by atoms with E-state index in [4.69, 9.17) is 9.26 Å². The molecule has 1 fully saturated rings. The van der Waals surface area contributed by atoms with Crippen LogP contribution in [0.1, 0.15) is 28.7 Å². The lowest BCUT2D eigenvalue weighted by Crippen LogP contribution is -2.38. The Morgan fingerprint density at radius 2 is 2.05 bits per heavy atom. The number of rotatable bonds is 3. The third kappa shape index (κ3) is 2.76. The number of aromatic nitrogens is 1. The molecule has 1 aliphatic rings. The molecule has 4 nitrogen and oxygen atoms in total. The van der Waals surface area contributed by atoms with Crippen molar-refractivity contribution in [3.05, 3.63) is 52.9 Å². The molecule has 0 radical (unpaired) electrons. The number of morpholine rings is 1. The highest BCUT2D eigenvalue weighted by molar-refractivity contribution is 5.21. The predicted octanol–water partition coefficient (Wildman–Crippen LogP) is 2.86. The molecule has 0 N–H and O–H groups in total. The van der Waals surface area contributed by atoms with Crippen LogP contribution in [0, 0.1) is 13.8 Å². The lowest BCUT2D eigenvalue weighted by atomic mass is 10.1. The molecular formula is C16H20N2O2. The van der Waals surface area contributed by atoms with Crippen LogP contribution in [0.25, 0.3) is 0 Å². The van der Waals surface area contributed by atoms with E-state index in [0.29, 0.717) is 0 Å². The summed E-state index contributed by atoms with van der Waals surface area (Å²) in [7, 11) is 0. The molecular weight excluding hydrogens is 252 g/mol. The summed E-state index contributed by atoms with van der Waals surface area (Å²) in [6.45, 7) is 7.49. The molecule has 0 amide bonds. The van der Waals surface area contributed by atoms with Crippen LogP contribution in [0.2, 0.25) is 0 Å². The molecule has 4 heteroatoms. The Balaban J connectivity index is 1.70. The summed E-state index contributed by atoms with van der Waals surface area (Å²) in [5.74, 6) is 0.922. The van der Waals surface area contributed by atoms with Crippen LogP contribution in [0.15, 0.2) is 34.9 Å². The lowest BCUT2D eigenvalue weighted by molar-refractivity contribution is -0.0330. The lowest BCUT2D eigenvalue weighted by Gasteiger charge is -2.33. The maximum Gasteiger partial charge on any atom is 0.138 e. The van der Waals surface area contributed by atoms with Gasteiger partial charge in [-0.1, -0.05) is 35.5 Å². The zero-order valence-electron chi connectivity index (χ0n) is 12.0. The van der Waals surface area contributed by atoms with Gasteiger partial charge in [-0.2, -0.15) is 0 Å². The van der Waals surface area contributed by atoms with Gasteiger partial charge in [-0.05, 0) is 19.4 Å². The first-order valence-corrected chi connectivity index (χ1v) is 7.04. The monoisotopic (exact) mass is 272 g/mol. The number of nitrogens with zero attached hydrogens (tertiary/aromatic N) is 2. The maximum atomic E-state index is 5.89. The largest absolute Gasteiger partial charge is 0.371 e. The summed E-state index contributed by atoms with van der Waals surface area (Å²) < 4.78 is 11.1. The average molecular weight is 272 g/mol. The normalized spacial score (nSPS) is 20.2. The zero-order chi connectivity index (χ0) is 13.9. The van der Waals surface area contributed by atoms with Gasteiger partial charge in [0.2, 0.25) is 0 Å². The molecule has 0 unspecified atom stereocenters. The first-order chi connectivity index (χ1) is 9.74. The summed E-state index contributed by atoms with van der Waals surface area (Å²) in [4.78, 5) is 2.41. The van der Waals surface area contributed by atoms with Crippen molar-refractivity contribution in [1.82, 2.24) is 10.1 Å². The summed E-state index contributed by atoms with van der Waals surface area (Å²) in [6, 6.07) is 10.4. The summed E-state index contributed by atoms with van der Waals surface area (Å²) in [5.41, 5.74) is 3.44. The van der Waals surface area contributed by atoms with E-state index in [-0.39, 0.29) is 6.10 Å². The van der Waals surface area contributed by atoms with E-state index in [0.717, 1.165) is 37.7 Å². The molecule has 2 heterocycles. The second-order valence-electron chi connectivity index (χ2n) is 5.31. The van der Waals surface area contributed by atoms with Gasteiger partial charge in [-0.15, -0.1) is 0 Å². The van der Waals surface area contributed by atoms with Crippen molar-refractivity contribution < 1.29 is 9.26 Å². The molecule has 1 aromatic heterocycles. The molecule has 1 saturated heterocycles. The van der Waals surface area contributed by atoms with Crippen molar-refractivity contribution in [1.29, 1.82) is 0 Å². The third-order valence-corrected chi connectivity index (χ3v) is 3.88. The SMILES string of the molecule is Cc1noc(C)c1CN1CCO[C@H](c2ccccc2)C1. The highest BCUT2D eigenvalue weighted by Gasteiger charge is 2.23. The molecule has 1 aliphatic heterocycles. The molecule has 2 aromatic rings. The molecule has 0 saturated carbocycles. The first-order valence-electron chi connectivity index (χ1n) is 7.04. The van der Waals surface area contributed by atoms with E-state index < -0.39 is 0 Å². The third-order valence-electron chi connectivity index (χ3n) is 3.88. The van der Waals surface area contributed by atoms with Crippen molar-refractivity contribution in [2.24, 2.45) is 0 Å². The van der Waals surface area contributed by atoms with Crippen LogP contribution < -0.4 is 0 Å². The summed E-state index contributed by atoms with van der Waals surface area (Å²) in [6.07, 6.45) is 0.158. The van der Waals surface area contributed by atoms with Crippen LogP contribution in [0.4, 0.5) is 0 Å². The van der Waals surface area contributed by atoms with Gasteiger partial charge in [-0.3, -0.25) is 4.90 Å². The van der Waals surface area contributed by atoms with E-state index in [2.05, 4.69) is 34.3 Å². The van der Waals surface area contributed by atoms with Gasteiger partial charge in [0.05, 0.1) is 18.4 Å². The Labute approximate surface area is 119 Å². The fraction of sp³-hybridized carbons (Fsp3) is 0.438. The number of benzene rings is 1. The Morgan fingerprint density at radius 3 is 2.75 bits per heavy atom. The second kappa shape index (κ2) is 5.77. The standard InChI is InChI=1S/C16H20N2O2/c1-12-15(13(2)20-17-12)10-18-8-9-19-16(11-18)14-6-4-3-5-7-14/h3-7,16H,8-11H2,1-2H3/t16-/m0/s1. The van der Waals surface area contributed by atoms with Crippen LogP contribution in [0.5, 0.6) is 0 Å². The molecule has 106 valence electrons. The minimum atomic E-state index is 0.158. The van der Waals surface area contributed by atoms with E-state index in [9.17, 15) is 0 Å². The molecule has 1 atom stereocenters. The maximum absolute atomic E-state index is 5.89. The van der Waals surface area contributed by atoms with Gasteiger partial charge >= 0.3 is 0 Å². The van der Waals surface area contributed by atoms with Gasteiger partial charge in [0, 0.05) is 25.2 Å². The zero-order valence-corrected chi connectivity index (χ0v) is 12.0. The van der Waals surface area contributed by atoms with Crippen molar-refractivity contribution in [3.63, 3.8) is 0 Å². The van der Waals surface area contributed by atoms with Crippen molar-refractivity contribution in [3.8, 4) is 0 Å². The van der Waals surface area contributed by atoms with Crippen LogP contribution in [0.3, 0.4) is 0 Å². The summed E-state index contributed by atoms with van der Waals surface area (Å²) in [5, 5.41) is 4.03. The van der Waals surface area contributed by atoms with Crippen LogP contribution in [-0.2, 0) is 11.3 Å². The minimum absolute atomic E-state index is 0.158. The Morgan fingerprint density at radius 1 is 1.25 bits per heavy atom. The Hall–Kier alpha value is -1.65. The quantitative estimate of drug-likeness (QED) is 0.861. The molecule has 0 aliphatic carbocycles. The van der Waals surface area contributed by atoms with Crippen molar-refractivity contribution in [2.75, 3.05) is 19.7 Å². The highest BCUT2D eigenvalue weighted by atomic mass is 16.5. The molecule has 20 heavy (non-hydrogen) atoms.